The lowest BCUT2D eigenvalue weighted by atomic mass is 10.1. The first-order valence-corrected chi connectivity index (χ1v) is 5.99. The molecule has 2 aromatic rings. The van der Waals surface area contributed by atoms with Gasteiger partial charge in [-0.2, -0.15) is 0 Å². The molecular weight excluding hydrogens is 238 g/mol. The lowest BCUT2D eigenvalue weighted by Crippen LogP contribution is -2.31. The summed E-state index contributed by atoms with van der Waals surface area (Å²) in [5, 5.41) is 3.38. The van der Waals surface area contributed by atoms with Crippen LogP contribution in [-0.4, -0.2) is 17.8 Å². The summed E-state index contributed by atoms with van der Waals surface area (Å²) in [4.78, 5) is 11.3. The molecule has 4 heteroatoms. The summed E-state index contributed by atoms with van der Waals surface area (Å²) in [6.07, 6.45) is 2.48. The molecule has 2 rings (SSSR count). The second kappa shape index (κ2) is 5.23. The Labute approximate surface area is 105 Å². The first kappa shape index (κ1) is 12.0. The average molecular weight is 252 g/mol. The van der Waals surface area contributed by atoms with Crippen LogP contribution in [0.1, 0.15) is 12.5 Å². The number of amides is 1. The van der Waals surface area contributed by atoms with E-state index in [2.05, 4.69) is 5.32 Å². The van der Waals surface area contributed by atoms with Gasteiger partial charge in [-0.25, -0.2) is 0 Å². The van der Waals surface area contributed by atoms with E-state index in [1.54, 1.807) is 13.2 Å². The zero-order chi connectivity index (χ0) is 12.3. The lowest BCUT2D eigenvalue weighted by molar-refractivity contribution is -0.120. The Balaban J connectivity index is 1.98. The Hall–Kier alpha value is -1.48. The van der Waals surface area contributed by atoms with E-state index in [1.165, 1.54) is 0 Å². The van der Waals surface area contributed by atoms with Crippen molar-refractivity contribution in [3.8, 4) is 0 Å². The predicted octanol–water partition coefficient (Wildman–Crippen LogP) is 2.72. The molecule has 0 spiro atoms. The van der Waals surface area contributed by atoms with Crippen LogP contribution < -0.4 is 5.32 Å². The number of para-hydroxylation sites is 1. The second-order valence-corrected chi connectivity index (χ2v) is 4.57. The molecule has 90 valence electrons. The van der Waals surface area contributed by atoms with Gasteiger partial charge in [-0.1, -0.05) is 18.2 Å². The van der Waals surface area contributed by atoms with E-state index in [1.807, 2.05) is 24.3 Å². The standard InChI is InChI=1S/C13H14ClNO2/c1-9(14)13(16)15-7-6-10-8-17-12-5-3-2-4-11(10)12/h2-5,8-9H,6-7H2,1H3,(H,15,16). The van der Waals surface area contributed by atoms with Crippen molar-refractivity contribution < 1.29 is 9.21 Å². The molecule has 1 heterocycles. The number of benzene rings is 1. The summed E-state index contributed by atoms with van der Waals surface area (Å²) >= 11 is 5.65. The molecule has 0 bridgehead atoms. The van der Waals surface area contributed by atoms with E-state index < -0.39 is 5.38 Å². The topological polar surface area (TPSA) is 42.2 Å². The third-order valence-corrected chi connectivity index (χ3v) is 2.81. The lowest BCUT2D eigenvalue weighted by Gasteiger charge is -2.05. The molecule has 1 amide bonds. The SMILES string of the molecule is CC(Cl)C(=O)NCCc1coc2ccccc12. The van der Waals surface area contributed by atoms with Crippen LogP contribution >= 0.6 is 11.6 Å². The molecule has 0 saturated heterocycles. The quantitative estimate of drug-likeness (QED) is 0.849. The van der Waals surface area contributed by atoms with Crippen molar-refractivity contribution >= 4 is 28.5 Å². The van der Waals surface area contributed by atoms with Gasteiger partial charge in [-0.05, 0) is 25.0 Å². The van der Waals surface area contributed by atoms with E-state index in [0.717, 1.165) is 23.0 Å². The Kier molecular flexibility index (Phi) is 3.69. The van der Waals surface area contributed by atoms with Crippen molar-refractivity contribution in [1.29, 1.82) is 0 Å². The molecule has 1 aromatic carbocycles. The van der Waals surface area contributed by atoms with Crippen molar-refractivity contribution in [3.63, 3.8) is 0 Å². The van der Waals surface area contributed by atoms with Crippen LogP contribution in [0.15, 0.2) is 34.9 Å². The Morgan fingerprint density at radius 3 is 3.00 bits per heavy atom. The van der Waals surface area contributed by atoms with Gasteiger partial charge in [0.2, 0.25) is 5.91 Å². The summed E-state index contributed by atoms with van der Waals surface area (Å²) in [6.45, 7) is 2.23. The molecule has 0 aliphatic carbocycles. The Morgan fingerprint density at radius 1 is 1.47 bits per heavy atom. The number of carbonyl (C=O) groups excluding carboxylic acids is 1. The van der Waals surface area contributed by atoms with Gasteiger partial charge in [0.15, 0.2) is 0 Å². The highest BCUT2D eigenvalue weighted by molar-refractivity contribution is 6.30. The van der Waals surface area contributed by atoms with Gasteiger partial charge in [-0.3, -0.25) is 4.79 Å². The minimum Gasteiger partial charge on any atom is -0.464 e. The maximum Gasteiger partial charge on any atom is 0.237 e. The molecule has 0 fully saturated rings. The molecule has 17 heavy (non-hydrogen) atoms. The fourth-order valence-corrected chi connectivity index (χ4v) is 1.76. The summed E-state index contributed by atoms with van der Waals surface area (Å²) < 4.78 is 5.42. The Morgan fingerprint density at radius 2 is 2.24 bits per heavy atom. The molecule has 1 aromatic heterocycles. The smallest absolute Gasteiger partial charge is 0.237 e. The van der Waals surface area contributed by atoms with Gasteiger partial charge in [0.25, 0.3) is 0 Å². The fraction of sp³-hybridized carbons (Fsp3) is 0.308. The molecule has 0 saturated carbocycles. The average Bonchev–Trinajstić information content (AvgIpc) is 2.72. The maximum atomic E-state index is 11.3. The zero-order valence-electron chi connectivity index (χ0n) is 9.57. The van der Waals surface area contributed by atoms with Crippen LogP contribution in [-0.2, 0) is 11.2 Å². The fourth-order valence-electron chi connectivity index (χ4n) is 1.69. The van der Waals surface area contributed by atoms with Gasteiger partial charge >= 0.3 is 0 Å². The summed E-state index contributed by atoms with van der Waals surface area (Å²) in [7, 11) is 0. The van der Waals surface area contributed by atoms with Crippen LogP contribution in [0, 0.1) is 0 Å². The van der Waals surface area contributed by atoms with Crippen molar-refractivity contribution in [2.45, 2.75) is 18.7 Å². The van der Waals surface area contributed by atoms with Gasteiger partial charge in [0.05, 0.1) is 6.26 Å². The number of furan rings is 1. The minimum atomic E-state index is -0.490. The molecule has 0 aliphatic rings. The molecule has 3 nitrogen and oxygen atoms in total. The van der Waals surface area contributed by atoms with E-state index in [9.17, 15) is 4.79 Å². The first-order chi connectivity index (χ1) is 8.18. The van der Waals surface area contributed by atoms with Crippen LogP contribution in [0.5, 0.6) is 0 Å². The zero-order valence-corrected chi connectivity index (χ0v) is 10.3. The number of fused-ring (bicyclic) bond motifs is 1. The number of nitrogens with one attached hydrogen (secondary N) is 1. The highest BCUT2D eigenvalue weighted by atomic mass is 35.5. The number of hydrogen-bond acceptors (Lipinski definition) is 2. The van der Waals surface area contributed by atoms with E-state index >= 15 is 0 Å². The van der Waals surface area contributed by atoms with Gasteiger partial charge in [-0.15, -0.1) is 11.6 Å². The second-order valence-electron chi connectivity index (χ2n) is 3.91. The van der Waals surface area contributed by atoms with E-state index in [-0.39, 0.29) is 5.91 Å². The summed E-state index contributed by atoms with van der Waals surface area (Å²) in [6, 6.07) is 7.85. The van der Waals surface area contributed by atoms with Gasteiger partial charge in [0.1, 0.15) is 11.0 Å². The summed E-state index contributed by atoms with van der Waals surface area (Å²) in [5.74, 6) is -0.139. The molecule has 1 N–H and O–H groups in total. The van der Waals surface area contributed by atoms with Crippen LogP contribution in [0.2, 0.25) is 0 Å². The predicted molar refractivity (Wildman–Crippen MR) is 68.2 cm³/mol. The molecular formula is C13H14ClNO2. The van der Waals surface area contributed by atoms with Crippen LogP contribution in [0.3, 0.4) is 0 Å². The number of rotatable bonds is 4. The van der Waals surface area contributed by atoms with Crippen molar-refractivity contribution in [1.82, 2.24) is 5.32 Å². The van der Waals surface area contributed by atoms with Crippen molar-refractivity contribution in [2.24, 2.45) is 0 Å². The van der Waals surface area contributed by atoms with Crippen LogP contribution in [0.4, 0.5) is 0 Å². The summed E-state index contributed by atoms with van der Waals surface area (Å²) in [5.41, 5.74) is 1.97. The first-order valence-electron chi connectivity index (χ1n) is 5.55. The normalized spacial score (nSPS) is 12.6. The van der Waals surface area contributed by atoms with E-state index in [4.69, 9.17) is 16.0 Å². The highest BCUT2D eigenvalue weighted by Crippen LogP contribution is 2.20. The number of hydrogen-bond donors (Lipinski definition) is 1. The molecule has 0 aliphatic heterocycles. The minimum absolute atomic E-state index is 0.139. The van der Waals surface area contributed by atoms with Gasteiger partial charge in [0, 0.05) is 11.9 Å². The number of halogens is 1. The molecule has 1 unspecified atom stereocenters. The number of alkyl halides is 1. The largest absolute Gasteiger partial charge is 0.464 e. The van der Waals surface area contributed by atoms with E-state index in [0.29, 0.717) is 6.54 Å². The third-order valence-electron chi connectivity index (χ3n) is 2.62. The monoisotopic (exact) mass is 251 g/mol. The molecule has 1 atom stereocenters. The Bertz CT molecular complexity index is 519. The third kappa shape index (κ3) is 2.80. The van der Waals surface area contributed by atoms with Crippen molar-refractivity contribution in [2.75, 3.05) is 6.54 Å². The molecule has 0 radical (unpaired) electrons. The number of carbonyl (C=O) groups is 1. The van der Waals surface area contributed by atoms with Crippen molar-refractivity contribution in [3.05, 3.63) is 36.1 Å². The maximum absolute atomic E-state index is 11.3. The highest BCUT2D eigenvalue weighted by Gasteiger charge is 2.09. The van der Waals surface area contributed by atoms with Crippen LogP contribution in [0.25, 0.3) is 11.0 Å². The van der Waals surface area contributed by atoms with Gasteiger partial charge < -0.3 is 9.73 Å².